The van der Waals surface area contributed by atoms with E-state index in [1.807, 2.05) is 18.2 Å². The smallest absolute Gasteiger partial charge is 0.344 e. The molecule has 8 heteroatoms. The van der Waals surface area contributed by atoms with Gasteiger partial charge in [0.25, 0.3) is 5.69 Å². The highest BCUT2D eigenvalue weighted by Crippen LogP contribution is 2.23. The zero-order valence-electron chi connectivity index (χ0n) is 12.5. The lowest BCUT2D eigenvalue weighted by Crippen LogP contribution is -2.15. The molecule has 1 heterocycles. The van der Waals surface area contributed by atoms with Crippen molar-refractivity contribution < 1.29 is 14.5 Å². The Balaban J connectivity index is 1.97. The molecule has 2 N–H and O–H groups in total. The van der Waals surface area contributed by atoms with Gasteiger partial charge in [0.2, 0.25) is 0 Å². The van der Waals surface area contributed by atoms with Gasteiger partial charge in [0.1, 0.15) is 11.4 Å². The maximum absolute atomic E-state index is 11.6. The van der Waals surface area contributed by atoms with Gasteiger partial charge in [-0.1, -0.05) is 6.07 Å². The predicted octanol–water partition coefficient (Wildman–Crippen LogP) is 2.30. The normalized spacial score (nSPS) is 9.96. The molecule has 0 amide bonds. The van der Waals surface area contributed by atoms with Gasteiger partial charge in [-0.3, -0.25) is 10.1 Å². The molecule has 0 saturated heterocycles. The van der Waals surface area contributed by atoms with E-state index in [9.17, 15) is 14.9 Å². The molecule has 1 aromatic heterocycles. The maximum Gasteiger partial charge on any atom is 0.344 e. The van der Waals surface area contributed by atoms with Crippen molar-refractivity contribution in [2.75, 3.05) is 30.8 Å². The summed E-state index contributed by atoms with van der Waals surface area (Å²) < 4.78 is 4.57. The summed E-state index contributed by atoms with van der Waals surface area (Å²) in [6.07, 6.45) is 1.69. The first kappa shape index (κ1) is 16.2. The summed E-state index contributed by atoms with van der Waals surface area (Å²) in [7, 11) is 1.18. The summed E-state index contributed by atoms with van der Waals surface area (Å²) in [6.45, 7) is 1.15. The van der Waals surface area contributed by atoms with Crippen molar-refractivity contribution >= 4 is 23.2 Å². The van der Waals surface area contributed by atoms with Crippen LogP contribution in [0.25, 0.3) is 0 Å². The molecular weight excluding hydrogens is 300 g/mol. The molecule has 0 aliphatic rings. The first-order valence-electron chi connectivity index (χ1n) is 6.87. The summed E-state index contributed by atoms with van der Waals surface area (Å²) >= 11 is 0. The minimum Gasteiger partial charge on any atom is -0.465 e. The van der Waals surface area contributed by atoms with E-state index < -0.39 is 10.9 Å². The Labute approximate surface area is 132 Å². The van der Waals surface area contributed by atoms with Crippen molar-refractivity contribution in [1.82, 2.24) is 4.98 Å². The standard InChI is InChI=1S/C15H16N4O4/c1-23-15(20)12-10-11(5-6-13(12)19(21)22)16-8-9-18-14-4-2-3-7-17-14/h2-7,10,16H,8-9H2,1H3,(H,17,18). The van der Waals surface area contributed by atoms with Gasteiger partial charge in [-0.25, -0.2) is 9.78 Å². The number of carbonyl (C=O) groups is 1. The van der Waals surface area contributed by atoms with Crippen LogP contribution in [0.15, 0.2) is 42.6 Å². The second-order valence-corrected chi connectivity index (χ2v) is 4.55. The Hall–Kier alpha value is -3.16. The fraction of sp³-hybridized carbons (Fsp3) is 0.200. The lowest BCUT2D eigenvalue weighted by Gasteiger charge is -2.09. The number of benzene rings is 1. The van der Waals surface area contributed by atoms with Crippen molar-refractivity contribution in [1.29, 1.82) is 0 Å². The van der Waals surface area contributed by atoms with Crippen LogP contribution in [-0.2, 0) is 4.74 Å². The molecule has 0 spiro atoms. The van der Waals surface area contributed by atoms with Crippen LogP contribution in [0.3, 0.4) is 0 Å². The van der Waals surface area contributed by atoms with E-state index in [1.165, 1.54) is 19.2 Å². The first-order valence-corrected chi connectivity index (χ1v) is 6.87. The minimum atomic E-state index is -0.744. The average Bonchev–Trinajstić information content (AvgIpc) is 2.58. The number of hydrogen-bond acceptors (Lipinski definition) is 7. The summed E-state index contributed by atoms with van der Waals surface area (Å²) in [5.74, 6) is 0.0141. The minimum absolute atomic E-state index is 0.0832. The van der Waals surface area contributed by atoms with Gasteiger partial charge in [0.05, 0.1) is 12.0 Å². The van der Waals surface area contributed by atoms with E-state index in [4.69, 9.17) is 0 Å². The molecule has 0 radical (unpaired) electrons. The van der Waals surface area contributed by atoms with Crippen LogP contribution >= 0.6 is 0 Å². The molecule has 1 aromatic carbocycles. The van der Waals surface area contributed by atoms with Crippen LogP contribution < -0.4 is 10.6 Å². The van der Waals surface area contributed by atoms with Crippen LogP contribution in [0.2, 0.25) is 0 Å². The largest absolute Gasteiger partial charge is 0.465 e. The zero-order valence-corrected chi connectivity index (χ0v) is 12.5. The third kappa shape index (κ3) is 4.40. The topological polar surface area (TPSA) is 106 Å². The zero-order chi connectivity index (χ0) is 16.7. The molecule has 0 bridgehead atoms. The molecule has 2 rings (SSSR count). The molecule has 120 valence electrons. The highest BCUT2D eigenvalue weighted by atomic mass is 16.6. The number of anilines is 2. The number of carbonyl (C=O) groups excluding carboxylic acids is 1. The molecule has 23 heavy (non-hydrogen) atoms. The number of nitrogens with one attached hydrogen (secondary N) is 2. The lowest BCUT2D eigenvalue weighted by atomic mass is 10.1. The lowest BCUT2D eigenvalue weighted by molar-refractivity contribution is -0.385. The summed E-state index contributed by atoms with van der Waals surface area (Å²) in [5.41, 5.74) is 0.230. The van der Waals surface area contributed by atoms with Gasteiger partial charge in [0.15, 0.2) is 0 Å². The number of nitro groups is 1. The van der Waals surface area contributed by atoms with Crippen LogP contribution in [-0.4, -0.2) is 36.1 Å². The number of esters is 1. The number of ether oxygens (including phenoxy) is 1. The number of hydrogen-bond donors (Lipinski definition) is 2. The number of nitro benzene ring substituents is 1. The Morgan fingerprint density at radius 1 is 1.26 bits per heavy atom. The predicted molar refractivity (Wildman–Crippen MR) is 85.7 cm³/mol. The molecule has 0 fully saturated rings. The van der Waals surface area contributed by atoms with Crippen LogP contribution in [0.4, 0.5) is 17.2 Å². The average molecular weight is 316 g/mol. The van der Waals surface area contributed by atoms with Crippen LogP contribution in [0, 0.1) is 10.1 Å². The van der Waals surface area contributed by atoms with E-state index in [2.05, 4.69) is 20.4 Å². The SMILES string of the molecule is COC(=O)c1cc(NCCNc2ccccn2)ccc1[N+](=O)[O-]. The maximum atomic E-state index is 11.6. The molecule has 2 aromatic rings. The van der Waals surface area contributed by atoms with Crippen molar-refractivity contribution in [2.45, 2.75) is 0 Å². The molecule has 0 aliphatic carbocycles. The second-order valence-electron chi connectivity index (χ2n) is 4.55. The van der Waals surface area contributed by atoms with Crippen molar-refractivity contribution in [3.8, 4) is 0 Å². The highest BCUT2D eigenvalue weighted by molar-refractivity contribution is 5.95. The molecule has 0 unspecified atom stereocenters. The van der Waals surface area contributed by atoms with Gasteiger partial charge in [-0.2, -0.15) is 0 Å². The highest BCUT2D eigenvalue weighted by Gasteiger charge is 2.21. The molecule has 0 aliphatic heterocycles. The quantitative estimate of drug-likeness (QED) is 0.349. The summed E-state index contributed by atoms with van der Waals surface area (Å²) in [5, 5.41) is 17.1. The van der Waals surface area contributed by atoms with E-state index in [0.29, 0.717) is 18.8 Å². The number of methoxy groups -OCH3 is 1. The third-order valence-corrected chi connectivity index (χ3v) is 3.02. The van der Waals surface area contributed by atoms with Gasteiger partial charge >= 0.3 is 5.97 Å². The van der Waals surface area contributed by atoms with Gasteiger partial charge < -0.3 is 15.4 Å². The first-order chi connectivity index (χ1) is 11.1. The van der Waals surface area contributed by atoms with Crippen molar-refractivity contribution in [3.63, 3.8) is 0 Å². The van der Waals surface area contributed by atoms with E-state index in [0.717, 1.165) is 5.82 Å². The monoisotopic (exact) mass is 316 g/mol. The molecule has 8 nitrogen and oxygen atoms in total. The molecular formula is C15H16N4O4. The van der Waals surface area contributed by atoms with Gasteiger partial charge in [0, 0.05) is 31.0 Å². The van der Waals surface area contributed by atoms with Crippen LogP contribution in [0.1, 0.15) is 10.4 Å². The summed E-state index contributed by atoms with van der Waals surface area (Å²) in [6, 6.07) is 9.79. The van der Waals surface area contributed by atoms with Gasteiger partial charge in [-0.05, 0) is 24.3 Å². The van der Waals surface area contributed by atoms with Crippen molar-refractivity contribution in [3.05, 3.63) is 58.3 Å². The fourth-order valence-electron chi connectivity index (χ4n) is 1.94. The summed E-state index contributed by atoms with van der Waals surface area (Å²) in [4.78, 5) is 26.1. The molecule has 0 saturated carbocycles. The second kappa shape index (κ2) is 7.74. The van der Waals surface area contributed by atoms with E-state index >= 15 is 0 Å². The Morgan fingerprint density at radius 3 is 2.70 bits per heavy atom. The van der Waals surface area contributed by atoms with Gasteiger partial charge in [-0.15, -0.1) is 0 Å². The van der Waals surface area contributed by atoms with E-state index in [1.54, 1.807) is 12.3 Å². The Morgan fingerprint density at radius 2 is 2.04 bits per heavy atom. The third-order valence-electron chi connectivity index (χ3n) is 3.02. The number of pyridine rings is 1. The van der Waals surface area contributed by atoms with Crippen LogP contribution in [0.5, 0.6) is 0 Å². The van der Waals surface area contributed by atoms with E-state index in [-0.39, 0.29) is 11.3 Å². The fourth-order valence-corrected chi connectivity index (χ4v) is 1.94. The molecule has 0 atom stereocenters. The number of rotatable bonds is 7. The number of aromatic nitrogens is 1. The number of nitrogens with zero attached hydrogens (tertiary/aromatic N) is 2. The Bertz CT molecular complexity index is 691. The van der Waals surface area contributed by atoms with Crippen molar-refractivity contribution in [2.24, 2.45) is 0 Å². The Kier molecular flexibility index (Phi) is 5.45.